The third-order valence-corrected chi connectivity index (χ3v) is 3.82. The van der Waals surface area contributed by atoms with Crippen molar-refractivity contribution >= 4 is 11.6 Å². The number of aromatic nitrogens is 3. The van der Waals surface area contributed by atoms with E-state index in [1.807, 2.05) is 29.8 Å². The second kappa shape index (κ2) is 5.39. The number of hydrogen-bond acceptors (Lipinski definition) is 4. The maximum Gasteiger partial charge on any atom is 0.226 e. The Labute approximate surface area is 132 Å². The summed E-state index contributed by atoms with van der Waals surface area (Å²) in [7, 11) is 0. The first-order valence-electron chi connectivity index (χ1n) is 7.48. The van der Waals surface area contributed by atoms with Crippen LogP contribution in [0.1, 0.15) is 30.1 Å². The fourth-order valence-corrected chi connectivity index (χ4v) is 2.65. The molecule has 1 aromatic carbocycles. The van der Waals surface area contributed by atoms with Gasteiger partial charge in [0.15, 0.2) is 5.82 Å². The van der Waals surface area contributed by atoms with E-state index in [2.05, 4.69) is 15.4 Å². The summed E-state index contributed by atoms with van der Waals surface area (Å²) in [6, 6.07) is 9.92. The molecule has 1 aliphatic rings. The molecule has 0 fully saturated rings. The number of fused-ring (bicyclic) bond motifs is 1. The van der Waals surface area contributed by atoms with Gasteiger partial charge in [0.25, 0.3) is 0 Å². The van der Waals surface area contributed by atoms with Crippen LogP contribution in [0.15, 0.2) is 53.2 Å². The van der Waals surface area contributed by atoms with Crippen molar-refractivity contribution in [2.75, 3.05) is 5.32 Å². The molecule has 4 rings (SSSR count). The third kappa shape index (κ3) is 2.42. The number of aryl methyl sites for hydroxylation is 1. The number of hydrogen-bond donors (Lipinski definition) is 1. The highest BCUT2D eigenvalue weighted by Crippen LogP contribution is 2.32. The Bertz CT molecular complexity index is 849. The highest BCUT2D eigenvalue weighted by atomic mass is 19.1. The molecule has 5 nitrogen and oxygen atoms in total. The summed E-state index contributed by atoms with van der Waals surface area (Å²) < 4.78 is 20.5. The zero-order valence-corrected chi connectivity index (χ0v) is 12.5. The molecule has 1 N–H and O–H groups in total. The molecule has 0 bridgehead atoms. The second-order valence-electron chi connectivity index (χ2n) is 5.32. The molecule has 23 heavy (non-hydrogen) atoms. The lowest BCUT2D eigenvalue weighted by Gasteiger charge is -2.22. The van der Waals surface area contributed by atoms with Crippen molar-refractivity contribution < 1.29 is 8.81 Å². The highest BCUT2D eigenvalue weighted by molar-refractivity contribution is 5.76. The van der Waals surface area contributed by atoms with E-state index in [4.69, 9.17) is 4.42 Å². The summed E-state index contributed by atoms with van der Waals surface area (Å²) in [6.07, 6.45) is 4.39. The van der Waals surface area contributed by atoms with Gasteiger partial charge in [-0.25, -0.2) is 9.07 Å². The lowest BCUT2D eigenvalue weighted by atomic mass is 10.1. The largest absolute Gasteiger partial charge is 0.467 e. The second-order valence-corrected chi connectivity index (χ2v) is 5.32. The first-order chi connectivity index (χ1) is 11.2. The van der Waals surface area contributed by atoms with Gasteiger partial charge < -0.3 is 9.73 Å². The molecule has 1 atom stereocenters. The first kappa shape index (κ1) is 13.8. The van der Waals surface area contributed by atoms with Gasteiger partial charge in [-0.3, -0.25) is 0 Å². The SMILES string of the molecule is CCc1nc2n(n1)[C@@H](c1ccco1)C=C(c1ccc(F)cc1)N2. The number of rotatable bonds is 3. The Kier molecular flexibility index (Phi) is 3.22. The fourth-order valence-electron chi connectivity index (χ4n) is 2.65. The van der Waals surface area contributed by atoms with E-state index in [0.717, 1.165) is 29.3 Å². The lowest BCUT2D eigenvalue weighted by Crippen LogP contribution is -2.19. The topological polar surface area (TPSA) is 55.9 Å². The van der Waals surface area contributed by atoms with E-state index in [0.29, 0.717) is 5.95 Å². The maximum atomic E-state index is 13.2. The fraction of sp³-hybridized carbons (Fsp3) is 0.176. The van der Waals surface area contributed by atoms with E-state index in [1.54, 1.807) is 18.4 Å². The number of benzene rings is 1. The van der Waals surface area contributed by atoms with Gasteiger partial charge in [0.1, 0.15) is 17.6 Å². The van der Waals surface area contributed by atoms with Gasteiger partial charge in [-0.05, 0) is 48.0 Å². The molecule has 116 valence electrons. The quantitative estimate of drug-likeness (QED) is 0.802. The van der Waals surface area contributed by atoms with Crippen LogP contribution in [0.25, 0.3) is 5.70 Å². The molecule has 3 aromatic rings. The molecule has 0 aliphatic carbocycles. The van der Waals surface area contributed by atoms with Gasteiger partial charge in [-0.2, -0.15) is 10.1 Å². The Hall–Kier alpha value is -2.89. The Balaban J connectivity index is 1.81. The van der Waals surface area contributed by atoms with Crippen LogP contribution in [-0.2, 0) is 6.42 Å². The molecule has 3 heterocycles. The van der Waals surface area contributed by atoms with Gasteiger partial charge in [-0.1, -0.05) is 6.92 Å². The van der Waals surface area contributed by atoms with Gasteiger partial charge in [0.2, 0.25) is 5.95 Å². The number of nitrogens with zero attached hydrogens (tertiary/aromatic N) is 3. The number of halogens is 1. The number of allylic oxidation sites excluding steroid dienone is 1. The molecule has 0 saturated heterocycles. The van der Waals surface area contributed by atoms with Crippen molar-refractivity contribution in [1.29, 1.82) is 0 Å². The first-order valence-corrected chi connectivity index (χ1v) is 7.48. The average Bonchev–Trinajstić information content (AvgIpc) is 3.23. The molecule has 0 spiro atoms. The normalized spacial score (nSPS) is 16.6. The molecule has 6 heteroatoms. The smallest absolute Gasteiger partial charge is 0.226 e. The van der Waals surface area contributed by atoms with Crippen molar-refractivity contribution in [3.05, 3.63) is 71.7 Å². The van der Waals surface area contributed by atoms with Crippen molar-refractivity contribution in [1.82, 2.24) is 14.8 Å². The van der Waals surface area contributed by atoms with Crippen LogP contribution >= 0.6 is 0 Å². The summed E-state index contributed by atoms with van der Waals surface area (Å²) in [4.78, 5) is 4.51. The van der Waals surface area contributed by atoms with Crippen LogP contribution in [-0.4, -0.2) is 14.8 Å². The van der Waals surface area contributed by atoms with Gasteiger partial charge in [0, 0.05) is 12.1 Å². The Morgan fingerprint density at radius 2 is 2.09 bits per heavy atom. The summed E-state index contributed by atoms with van der Waals surface area (Å²) >= 11 is 0. The monoisotopic (exact) mass is 310 g/mol. The minimum absolute atomic E-state index is 0.186. The van der Waals surface area contributed by atoms with Crippen LogP contribution in [0.5, 0.6) is 0 Å². The zero-order valence-electron chi connectivity index (χ0n) is 12.5. The molecule has 2 aromatic heterocycles. The van der Waals surface area contributed by atoms with E-state index in [1.165, 1.54) is 12.1 Å². The molecule has 0 unspecified atom stereocenters. The van der Waals surface area contributed by atoms with Crippen LogP contribution in [0.3, 0.4) is 0 Å². The number of anilines is 1. The Morgan fingerprint density at radius 3 is 2.78 bits per heavy atom. The summed E-state index contributed by atoms with van der Waals surface area (Å²) in [6.45, 7) is 2.01. The Morgan fingerprint density at radius 1 is 1.26 bits per heavy atom. The predicted molar refractivity (Wildman–Crippen MR) is 84.2 cm³/mol. The van der Waals surface area contributed by atoms with Crippen LogP contribution in [0.4, 0.5) is 10.3 Å². The van der Waals surface area contributed by atoms with Crippen LogP contribution in [0.2, 0.25) is 0 Å². The van der Waals surface area contributed by atoms with E-state index >= 15 is 0 Å². The van der Waals surface area contributed by atoms with E-state index < -0.39 is 0 Å². The molecule has 0 amide bonds. The van der Waals surface area contributed by atoms with Gasteiger partial charge in [0.05, 0.1) is 6.26 Å². The van der Waals surface area contributed by atoms with E-state index in [-0.39, 0.29) is 11.9 Å². The standard InChI is InChI=1S/C17H15FN4O/c1-2-16-20-17-19-13(11-5-7-12(18)8-6-11)10-14(22(17)21-16)15-4-3-9-23-15/h3-10,14H,2H2,1H3,(H,19,20,21)/t14-/m1/s1. The highest BCUT2D eigenvalue weighted by Gasteiger charge is 2.26. The van der Waals surface area contributed by atoms with Crippen molar-refractivity contribution in [2.45, 2.75) is 19.4 Å². The predicted octanol–water partition coefficient (Wildman–Crippen LogP) is 3.63. The van der Waals surface area contributed by atoms with Crippen molar-refractivity contribution in [3.63, 3.8) is 0 Å². The third-order valence-electron chi connectivity index (χ3n) is 3.82. The minimum atomic E-state index is -0.260. The number of furan rings is 1. The molecule has 0 radical (unpaired) electrons. The van der Waals surface area contributed by atoms with Crippen molar-refractivity contribution in [2.24, 2.45) is 0 Å². The van der Waals surface area contributed by atoms with Gasteiger partial charge >= 0.3 is 0 Å². The van der Waals surface area contributed by atoms with Crippen molar-refractivity contribution in [3.8, 4) is 0 Å². The summed E-state index contributed by atoms with van der Waals surface area (Å²) in [5.41, 5.74) is 1.74. The molecular weight excluding hydrogens is 295 g/mol. The maximum absolute atomic E-state index is 13.2. The molecule has 0 saturated carbocycles. The average molecular weight is 310 g/mol. The zero-order chi connectivity index (χ0) is 15.8. The minimum Gasteiger partial charge on any atom is -0.467 e. The van der Waals surface area contributed by atoms with Gasteiger partial charge in [-0.15, -0.1) is 0 Å². The lowest BCUT2D eigenvalue weighted by molar-refractivity contribution is 0.447. The summed E-state index contributed by atoms with van der Waals surface area (Å²) in [5, 5.41) is 7.79. The number of nitrogens with one attached hydrogen (secondary N) is 1. The van der Waals surface area contributed by atoms with E-state index in [9.17, 15) is 4.39 Å². The van der Waals surface area contributed by atoms with Crippen LogP contribution < -0.4 is 5.32 Å². The van der Waals surface area contributed by atoms with Crippen LogP contribution in [0, 0.1) is 5.82 Å². The molecular formula is C17H15FN4O. The molecule has 1 aliphatic heterocycles. The summed E-state index contributed by atoms with van der Waals surface area (Å²) in [5.74, 6) is 1.94.